The Morgan fingerprint density at radius 3 is 2.62 bits per heavy atom. The van der Waals surface area contributed by atoms with Crippen molar-refractivity contribution in [2.24, 2.45) is 0 Å². The number of rotatable bonds is 1. The number of fused-ring (bicyclic) bond motifs is 1. The monoisotopic (exact) mass is 316 g/mol. The summed E-state index contributed by atoms with van der Waals surface area (Å²) in [4.78, 5) is 8.86. The molecular formula is C11H7BrCl2N2. The Hall–Kier alpha value is -0.380. The summed E-state index contributed by atoms with van der Waals surface area (Å²) in [5.74, 6) is 1.34. The molecule has 0 bridgehead atoms. The number of aromatic nitrogens is 2. The Labute approximate surface area is 111 Å². The number of hydrogen-bond donors (Lipinski definition) is 0. The molecule has 0 N–H and O–H groups in total. The second-order valence-electron chi connectivity index (χ2n) is 3.93. The van der Waals surface area contributed by atoms with Crippen LogP contribution < -0.4 is 0 Å². The zero-order valence-electron chi connectivity index (χ0n) is 8.17. The maximum Gasteiger partial charge on any atom is 0.140 e. The number of halogens is 3. The van der Waals surface area contributed by atoms with Gasteiger partial charge in [0.2, 0.25) is 0 Å². The zero-order valence-corrected chi connectivity index (χ0v) is 11.3. The van der Waals surface area contributed by atoms with Gasteiger partial charge < -0.3 is 0 Å². The van der Waals surface area contributed by atoms with Crippen LogP contribution in [0.5, 0.6) is 0 Å². The molecule has 1 saturated carbocycles. The predicted molar refractivity (Wildman–Crippen MR) is 69.2 cm³/mol. The van der Waals surface area contributed by atoms with Crippen LogP contribution in [0.1, 0.15) is 24.6 Å². The molecule has 3 rings (SSSR count). The summed E-state index contributed by atoms with van der Waals surface area (Å²) in [6, 6.07) is 3.62. The van der Waals surface area contributed by atoms with E-state index in [9.17, 15) is 0 Å². The van der Waals surface area contributed by atoms with Crippen molar-refractivity contribution in [1.29, 1.82) is 0 Å². The third-order valence-corrected chi connectivity index (χ3v) is 3.74. The minimum atomic E-state index is 0.482. The third-order valence-electron chi connectivity index (χ3n) is 2.63. The first-order valence-electron chi connectivity index (χ1n) is 4.97. The van der Waals surface area contributed by atoms with Gasteiger partial charge in [0.25, 0.3) is 0 Å². The molecule has 0 atom stereocenters. The summed E-state index contributed by atoms with van der Waals surface area (Å²) in [7, 11) is 0. The van der Waals surface area contributed by atoms with Crippen molar-refractivity contribution in [1.82, 2.24) is 9.97 Å². The van der Waals surface area contributed by atoms with Crippen LogP contribution in [0, 0.1) is 0 Å². The second kappa shape index (κ2) is 3.83. The lowest BCUT2D eigenvalue weighted by molar-refractivity contribution is 0.947. The molecule has 0 radical (unpaired) electrons. The van der Waals surface area contributed by atoms with Crippen molar-refractivity contribution >= 4 is 50.0 Å². The molecule has 0 spiro atoms. The normalized spacial score (nSPS) is 15.7. The van der Waals surface area contributed by atoms with E-state index in [1.807, 2.05) is 6.07 Å². The van der Waals surface area contributed by atoms with Crippen molar-refractivity contribution in [2.45, 2.75) is 18.8 Å². The van der Waals surface area contributed by atoms with Crippen molar-refractivity contribution in [2.75, 3.05) is 0 Å². The standard InChI is InChI=1S/C11H7BrCl2N2/c12-8-4-6(13)3-7-9(8)15-11(5-1-2-5)16-10(7)14/h3-5H,1-2H2. The van der Waals surface area contributed by atoms with Gasteiger partial charge in [-0.2, -0.15) is 0 Å². The topological polar surface area (TPSA) is 25.8 Å². The highest BCUT2D eigenvalue weighted by Gasteiger charge is 2.27. The maximum atomic E-state index is 6.15. The van der Waals surface area contributed by atoms with Gasteiger partial charge in [-0.1, -0.05) is 23.2 Å². The summed E-state index contributed by atoms with van der Waals surface area (Å²) >= 11 is 15.6. The van der Waals surface area contributed by atoms with E-state index < -0.39 is 0 Å². The van der Waals surface area contributed by atoms with Crippen LogP contribution in [0.2, 0.25) is 10.2 Å². The fourth-order valence-electron chi connectivity index (χ4n) is 1.66. The average molecular weight is 318 g/mol. The molecule has 2 aromatic rings. The van der Waals surface area contributed by atoms with Crippen LogP contribution in [0.25, 0.3) is 10.9 Å². The van der Waals surface area contributed by atoms with Crippen molar-refractivity contribution in [3.63, 3.8) is 0 Å². The van der Waals surface area contributed by atoms with E-state index in [1.54, 1.807) is 6.07 Å². The number of benzene rings is 1. The van der Waals surface area contributed by atoms with E-state index in [2.05, 4.69) is 25.9 Å². The van der Waals surface area contributed by atoms with E-state index in [0.29, 0.717) is 16.1 Å². The average Bonchev–Trinajstić information content (AvgIpc) is 3.02. The fourth-order valence-corrected chi connectivity index (χ4v) is 2.79. The van der Waals surface area contributed by atoms with Crippen molar-refractivity contribution in [3.8, 4) is 0 Å². The van der Waals surface area contributed by atoms with E-state index in [1.165, 1.54) is 0 Å². The Morgan fingerprint density at radius 2 is 1.94 bits per heavy atom. The molecule has 1 aromatic carbocycles. The highest BCUT2D eigenvalue weighted by molar-refractivity contribution is 9.10. The molecular weight excluding hydrogens is 311 g/mol. The smallest absolute Gasteiger partial charge is 0.140 e. The van der Waals surface area contributed by atoms with E-state index in [4.69, 9.17) is 23.2 Å². The lowest BCUT2D eigenvalue weighted by Crippen LogP contribution is -1.95. The Morgan fingerprint density at radius 1 is 1.19 bits per heavy atom. The second-order valence-corrected chi connectivity index (χ2v) is 5.58. The molecule has 0 amide bonds. The predicted octanol–water partition coefficient (Wildman–Crippen LogP) is 4.58. The molecule has 1 aromatic heterocycles. The van der Waals surface area contributed by atoms with Gasteiger partial charge >= 0.3 is 0 Å². The van der Waals surface area contributed by atoms with Gasteiger partial charge in [0, 0.05) is 20.8 Å². The van der Waals surface area contributed by atoms with Gasteiger partial charge in [0.1, 0.15) is 11.0 Å². The molecule has 1 heterocycles. The quantitative estimate of drug-likeness (QED) is 0.720. The molecule has 0 unspecified atom stereocenters. The van der Waals surface area contributed by atoms with Gasteiger partial charge in [-0.05, 0) is 40.9 Å². The molecule has 0 saturated heterocycles. The van der Waals surface area contributed by atoms with Crippen molar-refractivity contribution in [3.05, 3.63) is 32.6 Å². The Bertz CT molecular complexity index is 582. The molecule has 82 valence electrons. The van der Waals surface area contributed by atoms with E-state index in [0.717, 1.165) is 34.0 Å². The lowest BCUT2D eigenvalue weighted by atomic mass is 10.2. The molecule has 2 nitrogen and oxygen atoms in total. The zero-order chi connectivity index (χ0) is 11.3. The molecule has 0 aliphatic heterocycles. The molecule has 5 heteroatoms. The Kier molecular flexibility index (Phi) is 2.57. The van der Waals surface area contributed by atoms with Gasteiger partial charge in [0.15, 0.2) is 0 Å². The molecule has 1 fully saturated rings. The van der Waals surface area contributed by atoms with Gasteiger partial charge in [-0.15, -0.1) is 0 Å². The van der Waals surface area contributed by atoms with Crippen molar-refractivity contribution < 1.29 is 0 Å². The molecule has 1 aliphatic rings. The van der Waals surface area contributed by atoms with Crippen LogP contribution >= 0.6 is 39.1 Å². The molecule has 1 aliphatic carbocycles. The first-order valence-corrected chi connectivity index (χ1v) is 6.52. The lowest BCUT2D eigenvalue weighted by Gasteiger charge is -2.05. The largest absolute Gasteiger partial charge is 0.231 e. The minimum absolute atomic E-state index is 0.482. The van der Waals surface area contributed by atoms with Crippen LogP contribution in [-0.4, -0.2) is 9.97 Å². The van der Waals surface area contributed by atoms with Crippen LogP contribution in [-0.2, 0) is 0 Å². The van der Waals surface area contributed by atoms with Crippen LogP contribution in [0.15, 0.2) is 16.6 Å². The first kappa shape index (κ1) is 10.8. The van der Waals surface area contributed by atoms with Gasteiger partial charge in [-0.3, -0.25) is 0 Å². The Balaban J connectivity index is 2.32. The highest BCUT2D eigenvalue weighted by Crippen LogP contribution is 2.40. The SMILES string of the molecule is Clc1cc(Br)c2nc(C3CC3)nc(Cl)c2c1. The number of nitrogens with zero attached hydrogens (tertiary/aromatic N) is 2. The van der Waals surface area contributed by atoms with Gasteiger partial charge in [-0.25, -0.2) is 9.97 Å². The van der Waals surface area contributed by atoms with Crippen LogP contribution in [0.3, 0.4) is 0 Å². The summed E-state index contributed by atoms with van der Waals surface area (Å²) in [5.41, 5.74) is 0.839. The first-order chi connectivity index (χ1) is 7.65. The summed E-state index contributed by atoms with van der Waals surface area (Å²) in [6.45, 7) is 0. The maximum absolute atomic E-state index is 6.15. The molecule has 16 heavy (non-hydrogen) atoms. The highest BCUT2D eigenvalue weighted by atomic mass is 79.9. The number of hydrogen-bond acceptors (Lipinski definition) is 2. The summed E-state index contributed by atoms with van der Waals surface area (Å²) in [5, 5.41) is 1.91. The van der Waals surface area contributed by atoms with Crippen LogP contribution in [0.4, 0.5) is 0 Å². The summed E-state index contributed by atoms with van der Waals surface area (Å²) < 4.78 is 0.862. The van der Waals surface area contributed by atoms with E-state index >= 15 is 0 Å². The minimum Gasteiger partial charge on any atom is -0.231 e. The fraction of sp³-hybridized carbons (Fsp3) is 0.273. The van der Waals surface area contributed by atoms with E-state index in [-0.39, 0.29) is 0 Å². The summed E-state index contributed by atoms with van der Waals surface area (Å²) in [6.07, 6.45) is 2.32. The third kappa shape index (κ3) is 1.81. The van der Waals surface area contributed by atoms with Gasteiger partial charge in [0.05, 0.1) is 5.52 Å².